The molecule has 17 heavy (non-hydrogen) atoms. The molecular weight excluding hydrogens is 220 g/mol. The van der Waals surface area contributed by atoms with Gasteiger partial charge in [-0.1, -0.05) is 26.7 Å². The SMILES string of the molecule is COC(=O)NCC(=O)N[C@@H]1CCC[C@H](C)[C@@H]1C. The van der Waals surface area contributed by atoms with E-state index >= 15 is 0 Å². The van der Waals surface area contributed by atoms with Gasteiger partial charge >= 0.3 is 6.09 Å². The molecule has 0 aromatic rings. The van der Waals surface area contributed by atoms with Crippen LogP contribution in [0.5, 0.6) is 0 Å². The predicted molar refractivity (Wildman–Crippen MR) is 64.5 cm³/mol. The molecule has 0 bridgehead atoms. The fourth-order valence-corrected chi connectivity index (χ4v) is 2.27. The number of amides is 2. The van der Waals surface area contributed by atoms with Gasteiger partial charge in [-0.2, -0.15) is 0 Å². The molecule has 0 saturated heterocycles. The number of methoxy groups -OCH3 is 1. The Kier molecular flexibility index (Phi) is 5.25. The van der Waals surface area contributed by atoms with Crippen LogP contribution in [-0.2, 0) is 9.53 Å². The minimum absolute atomic E-state index is 0.0235. The smallest absolute Gasteiger partial charge is 0.407 e. The van der Waals surface area contributed by atoms with Gasteiger partial charge in [0.2, 0.25) is 5.91 Å². The summed E-state index contributed by atoms with van der Waals surface area (Å²) in [6.45, 7) is 4.36. The molecule has 0 heterocycles. The first-order valence-electron chi connectivity index (χ1n) is 6.15. The number of ether oxygens (including phenoxy) is 1. The van der Waals surface area contributed by atoms with Crippen LogP contribution in [0.3, 0.4) is 0 Å². The number of carbonyl (C=O) groups excluding carboxylic acids is 2. The van der Waals surface area contributed by atoms with Gasteiger partial charge in [0.15, 0.2) is 0 Å². The average Bonchev–Trinajstić information content (AvgIpc) is 2.32. The van der Waals surface area contributed by atoms with Crippen molar-refractivity contribution in [1.29, 1.82) is 0 Å². The Morgan fingerprint density at radius 2 is 2.00 bits per heavy atom. The van der Waals surface area contributed by atoms with Gasteiger partial charge in [-0.15, -0.1) is 0 Å². The molecule has 0 aromatic carbocycles. The lowest BCUT2D eigenvalue weighted by molar-refractivity contribution is -0.121. The zero-order valence-corrected chi connectivity index (χ0v) is 10.8. The molecule has 1 aliphatic rings. The molecule has 2 N–H and O–H groups in total. The highest BCUT2D eigenvalue weighted by atomic mass is 16.5. The monoisotopic (exact) mass is 242 g/mol. The minimum Gasteiger partial charge on any atom is -0.453 e. The molecule has 5 heteroatoms. The Hall–Kier alpha value is -1.26. The molecule has 1 aliphatic carbocycles. The minimum atomic E-state index is -0.579. The second-order valence-electron chi connectivity index (χ2n) is 4.79. The highest BCUT2D eigenvalue weighted by Crippen LogP contribution is 2.29. The highest BCUT2D eigenvalue weighted by molar-refractivity contribution is 5.82. The highest BCUT2D eigenvalue weighted by Gasteiger charge is 2.27. The lowest BCUT2D eigenvalue weighted by Crippen LogP contribution is -2.47. The van der Waals surface area contributed by atoms with Crippen molar-refractivity contribution < 1.29 is 14.3 Å². The molecule has 5 nitrogen and oxygen atoms in total. The molecule has 0 unspecified atom stereocenters. The Bertz CT molecular complexity index is 281. The molecular formula is C12H22N2O3. The number of carbonyl (C=O) groups is 2. The van der Waals surface area contributed by atoms with Crippen LogP contribution < -0.4 is 10.6 Å². The van der Waals surface area contributed by atoms with Crippen LogP contribution >= 0.6 is 0 Å². The van der Waals surface area contributed by atoms with Gasteiger partial charge < -0.3 is 15.4 Å². The number of hydrogen-bond donors (Lipinski definition) is 2. The molecule has 0 radical (unpaired) electrons. The van der Waals surface area contributed by atoms with Crippen LogP contribution in [0.4, 0.5) is 4.79 Å². The van der Waals surface area contributed by atoms with Crippen molar-refractivity contribution in [1.82, 2.24) is 10.6 Å². The standard InChI is InChI=1S/C12H22N2O3/c1-8-5-4-6-10(9(8)2)14-11(15)7-13-12(16)17-3/h8-10H,4-7H2,1-3H3,(H,13,16)(H,14,15)/t8-,9-,10+/m0/s1. The van der Waals surface area contributed by atoms with Crippen molar-refractivity contribution in [2.75, 3.05) is 13.7 Å². The lowest BCUT2D eigenvalue weighted by Gasteiger charge is -2.34. The molecule has 1 fully saturated rings. The maximum absolute atomic E-state index is 11.6. The summed E-state index contributed by atoms with van der Waals surface area (Å²) in [5.74, 6) is 0.981. The van der Waals surface area contributed by atoms with E-state index in [1.807, 2.05) is 0 Å². The van der Waals surface area contributed by atoms with Crippen molar-refractivity contribution in [3.05, 3.63) is 0 Å². The largest absolute Gasteiger partial charge is 0.453 e. The number of alkyl carbamates (subject to hydrolysis) is 1. The summed E-state index contributed by atoms with van der Waals surface area (Å²) < 4.78 is 4.40. The summed E-state index contributed by atoms with van der Waals surface area (Å²) in [4.78, 5) is 22.4. The van der Waals surface area contributed by atoms with Gasteiger partial charge in [-0.05, 0) is 18.3 Å². The summed E-state index contributed by atoms with van der Waals surface area (Å²) in [7, 11) is 1.28. The Morgan fingerprint density at radius 3 is 2.65 bits per heavy atom. The summed E-state index contributed by atoms with van der Waals surface area (Å²) in [6.07, 6.45) is 2.83. The third kappa shape index (κ3) is 4.24. The number of nitrogens with one attached hydrogen (secondary N) is 2. The third-order valence-corrected chi connectivity index (χ3v) is 3.63. The number of hydrogen-bond acceptors (Lipinski definition) is 3. The van der Waals surface area contributed by atoms with Crippen molar-refractivity contribution in [3.63, 3.8) is 0 Å². The maximum Gasteiger partial charge on any atom is 0.407 e. The third-order valence-electron chi connectivity index (χ3n) is 3.63. The summed E-state index contributed by atoms with van der Waals surface area (Å²) in [5, 5.41) is 5.34. The van der Waals surface area contributed by atoms with E-state index in [1.54, 1.807) is 0 Å². The normalized spacial score (nSPS) is 28.3. The van der Waals surface area contributed by atoms with Crippen molar-refractivity contribution in [3.8, 4) is 0 Å². The van der Waals surface area contributed by atoms with E-state index in [4.69, 9.17) is 0 Å². The Balaban J connectivity index is 2.32. The van der Waals surface area contributed by atoms with Crippen LogP contribution in [0, 0.1) is 11.8 Å². The molecule has 0 spiro atoms. The van der Waals surface area contributed by atoms with E-state index in [0.29, 0.717) is 11.8 Å². The lowest BCUT2D eigenvalue weighted by atomic mass is 9.78. The number of rotatable bonds is 3. The Morgan fingerprint density at radius 1 is 1.29 bits per heavy atom. The molecule has 1 rings (SSSR count). The average molecular weight is 242 g/mol. The predicted octanol–water partition coefficient (Wildman–Crippen LogP) is 1.28. The van der Waals surface area contributed by atoms with Crippen LogP contribution in [0.25, 0.3) is 0 Å². The molecule has 2 amide bonds. The quantitative estimate of drug-likeness (QED) is 0.783. The summed E-state index contributed by atoms with van der Waals surface area (Å²) >= 11 is 0. The van der Waals surface area contributed by atoms with E-state index in [9.17, 15) is 9.59 Å². The van der Waals surface area contributed by atoms with E-state index in [-0.39, 0.29) is 18.5 Å². The van der Waals surface area contributed by atoms with Gasteiger partial charge in [0.1, 0.15) is 6.54 Å². The fraction of sp³-hybridized carbons (Fsp3) is 0.833. The van der Waals surface area contributed by atoms with Gasteiger partial charge in [0.05, 0.1) is 7.11 Å². The zero-order valence-electron chi connectivity index (χ0n) is 10.8. The molecule has 1 saturated carbocycles. The van der Waals surface area contributed by atoms with E-state index < -0.39 is 6.09 Å². The van der Waals surface area contributed by atoms with Crippen LogP contribution in [0.2, 0.25) is 0 Å². The first-order valence-corrected chi connectivity index (χ1v) is 6.15. The van der Waals surface area contributed by atoms with Crippen LogP contribution in [0.15, 0.2) is 0 Å². The summed E-state index contributed by atoms with van der Waals surface area (Å²) in [6, 6.07) is 0.227. The maximum atomic E-state index is 11.6. The Labute approximate surface area is 102 Å². The zero-order chi connectivity index (χ0) is 12.8. The van der Waals surface area contributed by atoms with Gasteiger partial charge in [0.25, 0.3) is 0 Å². The van der Waals surface area contributed by atoms with Gasteiger partial charge in [-0.3, -0.25) is 4.79 Å². The second-order valence-corrected chi connectivity index (χ2v) is 4.79. The summed E-state index contributed by atoms with van der Waals surface area (Å²) in [5.41, 5.74) is 0. The molecule has 3 atom stereocenters. The first-order chi connectivity index (χ1) is 8.04. The molecule has 0 aliphatic heterocycles. The molecule has 0 aromatic heterocycles. The van der Waals surface area contributed by atoms with E-state index in [1.165, 1.54) is 13.5 Å². The van der Waals surface area contributed by atoms with E-state index in [2.05, 4.69) is 29.2 Å². The fourth-order valence-electron chi connectivity index (χ4n) is 2.27. The van der Waals surface area contributed by atoms with Crippen molar-refractivity contribution >= 4 is 12.0 Å². The van der Waals surface area contributed by atoms with Crippen LogP contribution in [-0.4, -0.2) is 31.7 Å². The second kappa shape index (κ2) is 6.47. The topological polar surface area (TPSA) is 67.4 Å². The molecule has 98 valence electrons. The van der Waals surface area contributed by atoms with E-state index in [0.717, 1.165) is 12.8 Å². The van der Waals surface area contributed by atoms with Crippen molar-refractivity contribution in [2.45, 2.75) is 39.2 Å². The van der Waals surface area contributed by atoms with Crippen LogP contribution in [0.1, 0.15) is 33.1 Å². The van der Waals surface area contributed by atoms with Gasteiger partial charge in [-0.25, -0.2) is 4.79 Å². The van der Waals surface area contributed by atoms with Gasteiger partial charge in [0, 0.05) is 6.04 Å². The first kappa shape index (κ1) is 13.8. The van der Waals surface area contributed by atoms with Crippen molar-refractivity contribution in [2.24, 2.45) is 11.8 Å².